The van der Waals surface area contributed by atoms with E-state index >= 15 is 0 Å². The molecule has 2 aliphatic rings. The van der Waals surface area contributed by atoms with Gasteiger partial charge in [-0.15, -0.1) is 0 Å². The van der Waals surface area contributed by atoms with Crippen LogP contribution >= 0.6 is 19.2 Å². The summed E-state index contributed by atoms with van der Waals surface area (Å²) in [4.78, 5) is 85.2. The van der Waals surface area contributed by atoms with Gasteiger partial charge in [0, 0.05) is 19.6 Å². The Balaban J connectivity index is 1.36. The zero-order valence-corrected chi connectivity index (χ0v) is 27.0. The Morgan fingerprint density at radius 2 is 1.72 bits per heavy atom. The molecule has 17 nitrogen and oxygen atoms in total. The highest BCUT2D eigenvalue weighted by atomic mass is 35.5. The fraction of sp³-hybridized carbons (Fsp3) is 0.207. The number of halogens is 2. The number of phenolic OH excluding ortho intramolecular Hbond substituents is 2. The fourth-order valence-corrected chi connectivity index (χ4v) is 6.09. The molecule has 0 saturated carbocycles. The lowest BCUT2D eigenvalue weighted by molar-refractivity contribution is -0.154. The molecule has 2 heterocycles. The van der Waals surface area contributed by atoms with Gasteiger partial charge >= 0.3 is 38.5 Å². The van der Waals surface area contributed by atoms with Crippen molar-refractivity contribution in [1.29, 1.82) is 0 Å². The van der Waals surface area contributed by atoms with Gasteiger partial charge < -0.3 is 50.3 Å². The first-order valence-corrected chi connectivity index (χ1v) is 16.4. The van der Waals surface area contributed by atoms with Crippen molar-refractivity contribution < 1.29 is 67.7 Å². The van der Waals surface area contributed by atoms with E-state index < -0.39 is 90.4 Å². The first-order valence-electron chi connectivity index (χ1n) is 14.4. The van der Waals surface area contributed by atoms with Gasteiger partial charge in [-0.3, -0.25) is 23.8 Å². The summed E-state index contributed by atoms with van der Waals surface area (Å²) in [7, 11) is -6.61. The van der Waals surface area contributed by atoms with Crippen LogP contribution < -0.4 is 20.6 Å². The second kappa shape index (κ2) is 14.0. The normalized spacial score (nSPS) is 16.7. The number of hydrogen-bond acceptors (Lipinski definition) is 10. The van der Waals surface area contributed by atoms with Gasteiger partial charge in [-0.2, -0.15) is 0 Å². The van der Waals surface area contributed by atoms with Crippen molar-refractivity contribution in [2.45, 2.75) is 24.9 Å². The lowest BCUT2D eigenvalue weighted by atomic mass is 9.72. The van der Waals surface area contributed by atoms with Gasteiger partial charge in [0.25, 0.3) is 0 Å². The Labute approximate surface area is 286 Å². The van der Waals surface area contributed by atoms with Crippen LogP contribution in [0.1, 0.15) is 33.1 Å². The second-order valence-electron chi connectivity index (χ2n) is 11.2. The van der Waals surface area contributed by atoms with Crippen molar-refractivity contribution in [2.24, 2.45) is 0 Å². The van der Waals surface area contributed by atoms with E-state index in [9.17, 15) is 63.1 Å². The molecule has 5 amide bonds. The van der Waals surface area contributed by atoms with Crippen LogP contribution in [-0.2, 0) is 31.9 Å². The lowest BCUT2D eigenvalue weighted by Gasteiger charge is -2.34. The van der Waals surface area contributed by atoms with Crippen molar-refractivity contribution in [3.63, 3.8) is 0 Å². The molecule has 21 heteroatoms. The predicted molar refractivity (Wildman–Crippen MR) is 169 cm³/mol. The average molecular weight is 735 g/mol. The Bertz CT molecular complexity index is 1960. The molecule has 0 spiro atoms. The van der Waals surface area contributed by atoms with Crippen LogP contribution in [0.3, 0.4) is 0 Å². The van der Waals surface area contributed by atoms with E-state index in [2.05, 4.69) is 10.6 Å². The van der Waals surface area contributed by atoms with Crippen LogP contribution in [0, 0.1) is 5.82 Å². The molecule has 3 aromatic rings. The van der Waals surface area contributed by atoms with E-state index in [0.29, 0.717) is 4.90 Å². The summed E-state index contributed by atoms with van der Waals surface area (Å²) in [5.41, 5.74) is -0.562. The van der Waals surface area contributed by atoms with Crippen LogP contribution in [0.5, 0.6) is 17.2 Å². The quantitative estimate of drug-likeness (QED) is 0.0664. The maximum atomic E-state index is 14.2. The average Bonchev–Trinajstić information content (AvgIpc) is 3.05. The van der Waals surface area contributed by atoms with Crippen LogP contribution in [0.4, 0.5) is 9.18 Å². The topological polar surface area (TPSA) is 264 Å². The van der Waals surface area contributed by atoms with Gasteiger partial charge in [-0.05, 0) is 47.4 Å². The van der Waals surface area contributed by atoms with Crippen LogP contribution in [0.2, 0.25) is 5.02 Å². The van der Waals surface area contributed by atoms with E-state index in [1.54, 1.807) is 0 Å². The number of nitrogens with one attached hydrogen (secondary N) is 2. The summed E-state index contributed by atoms with van der Waals surface area (Å²) in [5, 5.41) is 43.6. The molecule has 2 unspecified atom stereocenters. The molecule has 0 bridgehead atoms. The van der Waals surface area contributed by atoms with E-state index in [-0.39, 0.29) is 47.8 Å². The molecular formula is C29H26BClFN4O13P. The number of piperazine rings is 1. The molecule has 0 aliphatic carbocycles. The third-order valence-corrected chi connectivity index (χ3v) is 9.33. The molecule has 3 aromatic carbocycles. The van der Waals surface area contributed by atoms with Crippen molar-refractivity contribution in [1.82, 2.24) is 20.4 Å². The Morgan fingerprint density at radius 1 is 1.04 bits per heavy atom. The SMILES string of the molecule is O=C(O)c1c(F)ccc2c1OB(O)C(NC(=O)C(NC(=O)N1CCN(Cc3ccc(O)c(O)c3Cl)C(=O)C1=O)c1ccc(P(=O)(O)O)cc1)C2. The third-order valence-electron chi connectivity index (χ3n) is 7.94. The number of benzene rings is 3. The van der Waals surface area contributed by atoms with Gasteiger partial charge in [0.2, 0.25) is 5.91 Å². The number of carboxylic acid groups (broad SMARTS) is 1. The fourth-order valence-electron chi connectivity index (χ4n) is 5.33. The number of aromatic hydroxyl groups is 2. The van der Waals surface area contributed by atoms with E-state index in [1.807, 2.05) is 0 Å². The number of nitrogens with zero attached hydrogens (tertiary/aromatic N) is 2. The largest absolute Gasteiger partial charge is 0.547 e. The molecule has 8 N–H and O–H groups in total. The Morgan fingerprint density at radius 3 is 2.36 bits per heavy atom. The predicted octanol–water partition coefficient (Wildman–Crippen LogP) is 0.153. The summed E-state index contributed by atoms with van der Waals surface area (Å²) >= 11 is 6.04. The first kappa shape index (κ1) is 36.1. The Kier molecular flexibility index (Phi) is 10.1. The van der Waals surface area contributed by atoms with Gasteiger partial charge in [-0.1, -0.05) is 35.9 Å². The number of imide groups is 1. The summed E-state index contributed by atoms with van der Waals surface area (Å²) in [6.45, 7) is -0.828. The third kappa shape index (κ3) is 7.22. The number of carboxylic acids is 1. The monoisotopic (exact) mass is 734 g/mol. The molecule has 1 fully saturated rings. The van der Waals surface area contributed by atoms with Crippen LogP contribution in [0.25, 0.3) is 0 Å². The molecule has 0 aromatic heterocycles. The van der Waals surface area contributed by atoms with Crippen molar-refractivity contribution in [2.75, 3.05) is 13.1 Å². The van der Waals surface area contributed by atoms with Crippen molar-refractivity contribution in [3.8, 4) is 17.2 Å². The molecule has 5 rings (SSSR count). The smallest absolute Gasteiger partial charge is 0.534 e. The van der Waals surface area contributed by atoms with Crippen molar-refractivity contribution >= 4 is 61.3 Å². The minimum atomic E-state index is -4.71. The summed E-state index contributed by atoms with van der Waals surface area (Å²) < 4.78 is 31.1. The molecule has 2 aliphatic heterocycles. The number of aromatic carboxylic acids is 1. The molecule has 2 atom stereocenters. The van der Waals surface area contributed by atoms with Gasteiger partial charge in [-0.25, -0.2) is 14.0 Å². The second-order valence-corrected chi connectivity index (χ2v) is 13.1. The van der Waals surface area contributed by atoms with Gasteiger partial charge in [0.15, 0.2) is 11.5 Å². The van der Waals surface area contributed by atoms with Crippen LogP contribution in [0.15, 0.2) is 48.5 Å². The maximum absolute atomic E-state index is 14.2. The van der Waals surface area contributed by atoms with Gasteiger partial charge in [0.05, 0.1) is 16.3 Å². The van der Waals surface area contributed by atoms with E-state index in [1.165, 1.54) is 12.1 Å². The standard InChI is InChI=1S/C29H26BClFN4O13P/c31-21-15(4-8-18(37)23(21)38)12-35-9-10-36(27(41)26(35)40)29(44)34-22(13-1-5-16(6-2-13)50(46,47)48)25(39)33-19-11-14-3-7-17(32)20(28(42)43)24(14)49-30(19)45/h1-8,19,22,37-38,45H,9-12H2,(H,33,39)(H,34,44)(H,42,43)(H2,46,47,48). The molecule has 50 heavy (non-hydrogen) atoms. The number of carbonyl (C=O) groups is 5. The lowest BCUT2D eigenvalue weighted by Crippen LogP contribution is -2.60. The zero-order valence-electron chi connectivity index (χ0n) is 25.3. The first-order chi connectivity index (χ1) is 23.5. The van der Waals surface area contributed by atoms with Gasteiger partial charge in [0.1, 0.15) is 23.2 Å². The zero-order chi connectivity index (χ0) is 36.7. The maximum Gasteiger partial charge on any atom is 0.547 e. The Hall–Kier alpha value is -5.20. The number of hydrogen-bond donors (Lipinski definition) is 8. The minimum absolute atomic E-state index is 0.0471. The number of phenols is 2. The number of rotatable bonds is 8. The summed E-state index contributed by atoms with van der Waals surface area (Å²) in [6.07, 6.45) is -0.252. The highest BCUT2D eigenvalue weighted by Gasteiger charge is 2.42. The van der Waals surface area contributed by atoms with Crippen LogP contribution in [-0.4, -0.2) is 95.8 Å². The molecule has 262 valence electrons. The van der Waals surface area contributed by atoms with E-state index in [0.717, 1.165) is 41.3 Å². The molecule has 0 radical (unpaired) electrons. The van der Waals surface area contributed by atoms with Crippen molar-refractivity contribution in [3.05, 3.63) is 81.6 Å². The number of carbonyl (C=O) groups excluding carboxylic acids is 4. The van der Waals surface area contributed by atoms with E-state index in [4.69, 9.17) is 16.3 Å². The summed E-state index contributed by atoms with van der Waals surface area (Å²) in [6, 6.07) is 5.84. The number of urea groups is 1. The molecule has 1 saturated heterocycles. The summed E-state index contributed by atoms with van der Waals surface area (Å²) in [5.74, 6) is -9.10. The highest BCUT2D eigenvalue weighted by molar-refractivity contribution is 7.60. The molecular weight excluding hydrogens is 709 g/mol. The highest BCUT2D eigenvalue weighted by Crippen LogP contribution is 2.37. The number of amides is 5. The number of fused-ring (bicyclic) bond motifs is 1. The minimum Gasteiger partial charge on any atom is -0.534 e.